The number of rotatable bonds is 18. The molecule has 0 bridgehead atoms. The Bertz CT molecular complexity index is 1260. The van der Waals surface area contributed by atoms with E-state index in [1.54, 1.807) is 24.3 Å². The summed E-state index contributed by atoms with van der Waals surface area (Å²) in [5, 5.41) is 9.95. The second-order valence-electron chi connectivity index (χ2n) is 10.7. The van der Waals surface area contributed by atoms with Crippen molar-refractivity contribution in [1.29, 1.82) is 0 Å². The Kier molecular flexibility index (Phi) is 15.6. The summed E-state index contributed by atoms with van der Waals surface area (Å²) in [6, 6.07) is 15.5. The van der Waals surface area contributed by atoms with Gasteiger partial charge in [0.2, 0.25) is 34.7 Å². The molecule has 0 radical (unpaired) electrons. The highest BCUT2D eigenvalue weighted by Gasteiger charge is 2.28. The molecule has 0 heterocycles. The number of carbonyl (C=O) groups excluding carboxylic acids is 6. The van der Waals surface area contributed by atoms with Crippen LogP contribution in [0.4, 0.5) is 0 Å². The molecule has 0 spiro atoms. The van der Waals surface area contributed by atoms with Crippen molar-refractivity contribution in [3.05, 3.63) is 71.8 Å². The lowest BCUT2D eigenvalue weighted by atomic mass is 10.0. The minimum absolute atomic E-state index is 0.0291. The van der Waals surface area contributed by atoms with E-state index in [0.29, 0.717) is 12.8 Å². The van der Waals surface area contributed by atoms with E-state index in [1.165, 1.54) is 0 Å². The Balaban J connectivity index is 1.95. The molecular formula is C31H42N6O6S. The number of amides is 5. The average molecular weight is 627 g/mol. The molecule has 3 atom stereocenters. The van der Waals surface area contributed by atoms with Crippen molar-refractivity contribution in [3.8, 4) is 0 Å². The van der Waals surface area contributed by atoms with Crippen LogP contribution in [0, 0.1) is 5.92 Å². The van der Waals surface area contributed by atoms with Gasteiger partial charge in [-0.2, -0.15) is 0 Å². The molecule has 8 N–H and O–H groups in total. The van der Waals surface area contributed by atoms with Crippen LogP contribution in [0.5, 0.6) is 0 Å². The molecule has 0 saturated carbocycles. The van der Waals surface area contributed by atoms with E-state index >= 15 is 0 Å². The minimum atomic E-state index is -1.05. The largest absolute Gasteiger partial charge is 0.370 e. The molecule has 0 saturated heterocycles. The van der Waals surface area contributed by atoms with Gasteiger partial charge in [-0.3, -0.25) is 28.8 Å². The number of hydrogen-bond acceptors (Lipinski definition) is 8. The third kappa shape index (κ3) is 14.3. The molecule has 0 fully saturated rings. The molecule has 44 heavy (non-hydrogen) atoms. The molecule has 2 rings (SSSR count). The van der Waals surface area contributed by atoms with Crippen LogP contribution >= 0.6 is 11.8 Å². The summed E-state index contributed by atoms with van der Waals surface area (Å²) in [5.74, 6) is -2.58. The van der Waals surface area contributed by atoms with E-state index in [-0.39, 0.29) is 36.2 Å². The number of carbonyl (C=O) groups is 6. The second kappa shape index (κ2) is 19.1. The predicted octanol–water partition coefficient (Wildman–Crippen LogP) is 0.182. The van der Waals surface area contributed by atoms with Crippen molar-refractivity contribution >= 4 is 46.4 Å². The topological polar surface area (TPSA) is 203 Å². The van der Waals surface area contributed by atoms with Crippen molar-refractivity contribution in [2.75, 3.05) is 18.8 Å². The van der Waals surface area contributed by atoms with Gasteiger partial charge in [0.25, 0.3) is 0 Å². The molecule has 238 valence electrons. The molecule has 0 aliphatic carbocycles. The number of benzene rings is 2. The van der Waals surface area contributed by atoms with Gasteiger partial charge in [-0.05, 0) is 29.9 Å². The number of thioether (sulfide) groups is 1. The van der Waals surface area contributed by atoms with Crippen LogP contribution in [-0.4, -0.2) is 71.6 Å². The van der Waals surface area contributed by atoms with Crippen molar-refractivity contribution < 1.29 is 28.8 Å². The van der Waals surface area contributed by atoms with Crippen LogP contribution in [0.1, 0.15) is 37.8 Å². The molecule has 0 aliphatic heterocycles. The Hall–Kier alpha value is -4.23. The van der Waals surface area contributed by atoms with Gasteiger partial charge in [-0.1, -0.05) is 86.3 Å². The Labute approximate surface area is 261 Å². The third-order valence-corrected chi connectivity index (χ3v) is 7.32. The number of nitrogens with two attached hydrogens (primary N) is 2. The summed E-state index contributed by atoms with van der Waals surface area (Å²) in [7, 11) is 0. The zero-order chi connectivity index (χ0) is 32.5. The van der Waals surface area contributed by atoms with Gasteiger partial charge in [-0.25, -0.2) is 0 Å². The Morgan fingerprint density at radius 1 is 0.727 bits per heavy atom. The van der Waals surface area contributed by atoms with Crippen LogP contribution in [0.2, 0.25) is 0 Å². The fraction of sp³-hybridized carbons (Fsp3) is 0.419. The van der Waals surface area contributed by atoms with Gasteiger partial charge in [0.1, 0.15) is 6.04 Å². The van der Waals surface area contributed by atoms with Gasteiger partial charge >= 0.3 is 0 Å². The van der Waals surface area contributed by atoms with Gasteiger partial charge < -0.3 is 32.7 Å². The molecule has 2 aromatic rings. The smallest absolute Gasteiger partial charge is 0.243 e. The lowest BCUT2D eigenvalue weighted by molar-refractivity contribution is -0.131. The lowest BCUT2D eigenvalue weighted by Gasteiger charge is -2.24. The van der Waals surface area contributed by atoms with Gasteiger partial charge in [-0.15, -0.1) is 0 Å². The summed E-state index contributed by atoms with van der Waals surface area (Å²) < 4.78 is 0. The first-order chi connectivity index (χ1) is 20.9. The van der Waals surface area contributed by atoms with E-state index in [0.717, 1.165) is 22.9 Å². The fourth-order valence-corrected chi connectivity index (χ4v) is 4.98. The number of hydrogen-bond donors (Lipinski definition) is 6. The first-order valence-corrected chi connectivity index (χ1v) is 15.4. The average Bonchev–Trinajstić information content (AvgIpc) is 2.98. The van der Waals surface area contributed by atoms with E-state index < -0.39 is 54.2 Å². The molecule has 2 aromatic carbocycles. The van der Waals surface area contributed by atoms with E-state index in [4.69, 9.17) is 11.5 Å². The summed E-state index contributed by atoms with van der Waals surface area (Å²) >= 11 is 0.919. The maximum absolute atomic E-state index is 13.4. The van der Waals surface area contributed by atoms with Crippen molar-refractivity contribution in [2.24, 2.45) is 17.4 Å². The van der Waals surface area contributed by atoms with E-state index in [1.807, 2.05) is 50.2 Å². The normalized spacial score (nSPS) is 12.8. The zero-order valence-electron chi connectivity index (χ0n) is 25.0. The van der Waals surface area contributed by atoms with Crippen LogP contribution in [-0.2, 0) is 41.6 Å². The predicted molar refractivity (Wildman–Crippen MR) is 169 cm³/mol. The second-order valence-corrected chi connectivity index (χ2v) is 11.8. The molecule has 0 aliphatic rings. The third-order valence-electron chi connectivity index (χ3n) is 6.34. The van der Waals surface area contributed by atoms with Crippen molar-refractivity contribution in [2.45, 2.75) is 57.7 Å². The maximum atomic E-state index is 13.4. The summed E-state index contributed by atoms with van der Waals surface area (Å²) in [5.41, 5.74) is 12.8. The molecule has 5 amide bonds. The van der Waals surface area contributed by atoms with Crippen LogP contribution in [0.15, 0.2) is 60.7 Å². The van der Waals surface area contributed by atoms with Gasteiger partial charge in [0, 0.05) is 18.6 Å². The SMILES string of the molecule is CC(C)C[C@H](NC(=O)[C@H](Cc1ccccc1)NC(=O)CNC(=O)CNC(=O)[C@@H](N)Cc1ccccc1)C(=O)SCCC(N)=O. The first-order valence-electron chi connectivity index (χ1n) is 14.4. The molecule has 13 heteroatoms. The molecule has 0 unspecified atom stereocenters. The monoisotopic (exact) mass is 626 g/mol. The molecule has 12 nitrogen and oxygen atoms in total. The molecule has 0 aromatic heterocycles. The lowest BCUT2D eigenvalue weighted by Crippen LogP contribution is -2.54. The minimum Gasteiger partial charge on any atom is -0.370 e. The highest BCUT2D eigenvalue weighted by Crippen LogP contribution is 2.15. The first kappa shape index (κ1) is 36.0. The number of primary amides is 1. The maximum Gasteiger partial charge on any atom is 0.243 e. The fourth-order valence-electron chi connectivity index (χ4n) is 4.12. The van der Waals surface area contributed by atoms with Crippen LogP contribution in [0.25, 0.3) is 0 Å². The quantitative estimate of drug-likeness (QED) is 0.134. The summed E-state index contributed by atoms with van der Waals surface area (Å²) in [6.45, 7) is 2.99. The Morgan fingerprint density at radius 2 is 1.30 bits per heavy atom. The summed E-state index contributed by atoms with van der Waals surface area (Å²) in [4.78, 5) is 74.6. The highest BCUT2D eigenvalue weighted by atomic mass is 32.2. The van der Waals surface area contributed by atoms with E-state index in [2.05, 4.69) is 21.3 Å². The van der Waals surface area contributed by atoms with Gasteiger partial charge in [0.15, 0.2) is 0 Å². The number of nitrogens with one attached hydrogen (secondary N) is 4. The van der Waals surface area contributed by atoms with Crippen molar-refractivity contribution in [3.63, 3.8) is 0 Å². The van der Waals surface area contributed by atoms with E-state index in [9.17, 15) is 28.8 Å². The summed E-state index contributed by atoms with van der Waals surface area (Å²) in [6.07, 6.45) is 0.828. The standard InChI is InChI=1S/C31H42N6O6S/c1-20(2)15-25(31(43)44-14-13-26(33)38)37-30(42)24(17-22-11-7-4-8-12-22)36-28(40)19-34-27(39)18-35-29(41)23(32)16-21-9-5-3-6-10-21/h3-12,20,23-25H,13-19,32H2,1-2H3,(H2,33,38)(H,34,39)(H,35,41)(H,36,40)(H,37,42)/t23-,24-,25-/m0/s1. The molecular weight excluding hydrogens is 584 g/mol. The van der Waals surface area contributed by atoms with Crippen LogP contribution < -0.4 is 32.7 Å². The van der Waals surface area contributed by atoms with Gasteiger partial charge in [0.05, 0.1) is 25.2 Å². The highest BCUT2D eigenvalue weighted by molar-refractivity contribution is 8.13. The van der Waals surface area contributed by atoms with Crippen molar-refractivity contribution in [1.82, 2.24) is 21.3 Å². The van der Waals surface area contributed by atoms with Crippen LogP contribution in [0.3, 0.4) is 0 Å². The Morgan fingerprint density at radius 3 is 1.86 bits per heavy atom. The zero-order valence-corrected chi connectivity index (χ0v) is 25.9.